The third kappa shape index (κ3) is 3.72. The van der Waals surface area contributed by atoms with E-state index >= 15 is 0 Å². The fourth-order valence-corrected chi connectivity index (χ4v) is 4.00. The third-order valence-electron chi connectivity index (χ3n) is 2.93. The molecule has 0 radical (unpaired) electrons. The van der Waals surface area contributed by atoms with Crippen molar-refractivity contribution in [3.63, 3.8) is 0 Å². The van der Waals surface area contributed by atoms with E-state index in [0.29, 0.717) is 14.8 Å². The minimum atomic E-state index is -0.383. The molecule has 4 nitrogen and oxygen atoms in total. The lowest BCUT2D eigenvalue weighted by molar-refractivity contribution is -0.123. The number of benzene rings is 1. The van der Waals surface area contributed by atoms with Crippen LogP contribution in [0, 0.1) is 0 Å². The number of hydrazine groups is 1. The first-order valence-corrected chi connectivity index (χ1v) is 9.32. The van der Waals surface area contributed by atoms with Gasteiger partial charge in [-0.3, -0.25) is 15.0 Å². The van der Waals surface area contributed by atoms with Crippen molar-refractivity contribution in [1.29, 1.82) is 0 Å². The maximum absolute atomic E-state index is 12.4. The molecule has 116 valence electrons. The van der Waals surface area contributed by atoms with Gasteiger partial charge in [0.2, 0.25) is 0 Å². The summed E-state index contributed by atoms with van der Waals surface area (Å²) in [5, 5.41) is 3.05. The number of rotatable bonds is 3. The highest BCUT2D eigenvalue weighted by Gasteiger charge is 2.33. The van der Waals surface area contributed by atoms with E-state index in [2.05, 4.69) is 21.4 Å². The lowest BCUT2D eigenvalue weighted by atomic mass is 10.2. The number of carbonyl (C=O) groups is 2. The van der Waals surface area contributed by atoms with Gasteiger partial charge in [0, 0.05) is 14.9 Å². The number of hydrogen-bond donors (Lipinski definition) is 1. The molecule has 0 spiro atoms. The summed E-state index contributed by atoms with van der Waals surface area (Å²) in [7, 11) is 0. The van der Waals surface area contributed by atoms with Crippen LogP contribution in [-0.2, 0) is 4.79 Å². The molecule has 1 aromatic heterocycles. The van der Waals surface area contributed by atoms with Gasteiger partial charge in [-0.05, 0) is 54.0 Å². The minimum absolute atomic E-state index is 0.309. The number of hydrogen-bond acceptors (Lipinski definition) is 5. The van der Waals surface area contributed by atoms with Crippen LogP contribution in [0.25, 0.3) is 6.08 Å². The average Bonchev–Trinajstić information content (AvgIpc) is 3.12. The maximum atomic E-state index is 12.4. The predicted octanol–water partition coefficient (Wildman–Crippen LogP) is 4.06. The molecule has 8 heteroatoms. The molecule has 0 saturated carbocycles. The highest BCUT2D eigenvalue weighted by Crippen LogP contribution is 2.32. The highest BCUT2D eigenvalue weighted by atomic mass is 79.9. The quantitative estimate of drug-likeness (QED) is 0.596. The van der Waals surface area contributed by atoms with Crippen LogP contribution in [-0.4, -0.2) is 21.1 Å². The topological polar surface area (TPSA) is 49.4 Å². The summed E-state index contributed by atoms with van der Waals surface area (Å²) < 4.78 is 1.18. The van der Waals surface area contributed by atoms with Crippen molar-refractivity contribution < 1.29 is 9.59 Å². The highest BCUT2D eigenvalue weighted by molar-refractivity contribution is 9.10. The average molecular weight is 425 g/mol. The van der Waals surface area contributed by atoms with Gasteiger partial charge >= 0.3 is 0 Å². The first kappa shape index (κ1) is 16.4. The molecule has 1 aromatic carbocycles. The number of thioether (sulfide) groups is 1. The van der Waals surface area contributed by atoms with Gasteiger partial charge in [-0.2, -0.15) is 5.01 Å². The van der Waals surface area contributed by atoms with Crippen molar-refractivity contribution >= 4 is 73.5 Å². The number of nitrogens with one attached hydrogen (secondary N) is 1. The van der Waals surface area contributed by atoms with Crippen molar-refractivity contribution in [2.45, 2.75) is 0 Å². The van der Waals surface area contributed by atoms with Crippen molar-refractivity contribution in [1.82, 2.24) is 10.4 Å². The van der Waals surface area contributed by atoms with E-state index in [1.165, 1.54) is 23.1 Å². The second-order valence-electron chi connectivity index (χ2n) is 4.48. The molecule has 0 atom stereocenters. The van der Waals surface area contributed by atoms with Gasteiger partial charge in [-0.1, -0.05) is 33.8 Å². The summed E-state index contributed by atoms with van der Waals surface area (Å²) in [4.78, 5) is 26.1. The van der Waals surface area contributed by atoms with E-state index in [4.69, 9.17) is 12.2 Å². The molecule has 1 aliphatic heterocycles. The molecule has 0 bridgehead atoms. The zero-order valence-corrected chi connectivity index (χ0v) is 15.5. The fourth-order valence-electron chi connectivity index (χ4n) is 1.83. The van der Waals surface area contributed by atoms with Crippen LogP contribution in [0.15, 0.2) is 51.2 Å². The van der Waals surface area contributed by atoms with Crippen LogP contribution in [0.1, 0.15) is 15.2 Å². The Hall–Kier alpha value is -1.48. The molecule has 2 aromatic rings. The zero-order chi connectivity index (χ0) is 16.4. The number of halogens is 1. The molecule has 3 rings (SSSR count). The van der Waals surface area contributed by atoms with Gasteiger partial charge < -0.3 is 0 Å². The normalized spacial score (nSPS) is 16.2. The smallest absolute Gasteiger partial charge is 0.267 e. The van der Waals surface area contributed by atoms with Crippen LogP contribution in [0.4, 0.5) is 0 Å². The summed E-state index contributed by atoms with van der Waals surface area (Å²) in [6.07, 6.45) is 1.77. The molecule has 1 N–H and O–H groups in total. The summed E-state index contributed by atoms with van der Waals surface area (Å²) in [6, 6.07) is 10.7. The Bertz CT molecular complexity index is 801. The Labute approximate surface area is 154 Å². The van der Waals surface area contributed by atoms with E-state index in [0.717, 1.165) is 14.4 Å². The fraction of sp³-hybridized carbons (Fsp3) is 0. The van der Waals surface area contributed by atoms with Gasteiger partial charge in [-0.15, -0.1) is 11.3 Å². The number of nitrogens with zero attached hydrogens (tertiary/aromatic N) is 1. The lowest BCUT2D eigenvalue weighted by Crippen LogP contribution is -2.44. The number of amides is 2. The lowest BCUT2D eigenvalue weighted by Gasteiger charge is -2.15. The van der Waals surface area contributed by atoms with Gasteiger partial charge in [0.15, 0.2) is 4.32 Å². The Kier molecular flexibility index (Phi) is 4.96. The Balaban J connectivity index is 1.75. The van der Waals surface area contributed by atoms with Crippen molar-refractivity contribution in [3.05, 3.63) is 61.6 Å². The van der Waals surface area contributed by atoms with E-state index in [9.17, 15) is 9.59 Å². The largest absolute Gasteiger partial charge is 0.285 e. The van der Waals surface area contributed by atoms with Crippen LogP contribution in [0.2, 0.25) is 0 Å². The molecule has 2 heterocycles. The Morgan fingerprint density at radius 3 is 2.65 bits per heavy atom. The minimum Gasteiger partial charge on any atom is -0.267 e. The third-order valence-corrected chi connectivity index (χ3v) is 5.58. The first-order valence-electron chi connectivity index (χ1n) is 6.42. The maximum Gasteiger partial charge on any atom is 0.285 e. The van der Waals surface area contributed by atoms with Crippen LogP contribution >= 0.6 is 51.2 Å². The molecular formula is C15H9BrN2O2S3. The van der Waals surface area contributed by atoms with Crippen LogP contribution in [0.3, 0.4) is 0 Å². The first-order chi connectivity index (χ1) is 11.0. The molecule has 23 heavy (non-hydrogen) atoms. The molecule has 0 unspecified atom stereocenters. The second kappa shape index (κ2) is 6.96. The van der Waals surface area contributed by atoms with Gasteiger partial charge in [0.05, 0.1) is 4.91 Å². The number of carbonyl (C=O) groups excluding carboxylic acids is 2. The monoisotopic (exact) mass is 424 g/mol. The van der Waals surface area contributed by atoms with Gasteiger partial charge in [0.1, 0.15) is 0 Å². The molecule has 1 aliphatic rings. The Morgan fingerprint density at radius 2 is 2.00 bits per heavy atom. The van der Waals surface area contributed by atoms with Gasteiger partial charge in [0.25, 0.3) is 11.8 Å². The summed E-state index contributed by atoms with van der Waals surface area (Å²) in [6.45, 7) is 0. The molecular weight excluding hydrogens is 416 g/mol. The predicted molar refractivity (Wildman–Crippen MR) is 101 cm³/mol. The van der Waals surface area contributed by atoms with Gasteiger partial charge in [-0.25, -0.2) is 0 Å². The van der Waals surface area contributed by atoms with Crippen molar-refractivity contribution in [2.75, 3.05) is 0 Å². The van der Waals surface area contributed by atoms with E-state index in [-0.39, 0.29) is 11.8 Å². The Morgan fingerprint density at radius 1 is 1.26 bits per heavy atom. The molecule has 1 fully saturated rings. The summed E-state index contributed by atoms with van der Waals surface area (Å²) in [5.74, 6) is -0.704. The van der Waals surface area contributed by atoms with Crippen LogP contribution in [0.5, 0.6) is 0 Å². The molecule has 2 amide bonds. The number of thiophene rings is 1. The molecule has 0 aliphatic carbocycles. The SMILES string of the molecule is O=C(NN1C(=O)/C(=C/c2cccs2)SC1=S)c1ccc(Br)cc1. The summed E-state index contributed by atoms with van der Waals surface area (Å²) in [5.41, 5.74) is 3.00. The van der Waals surface area contributed by atoms with E-state index < -0.39 is 0 Å². The van der Waals surface area contributed by atoms with E-state index in [1.54, 1.807) is 30.3 Å². The van der Waals surface area contributed by atoms with Crippen LogP contribution < -0.4 is 5.43 Å². The second-order valence-corrected chi connectivity index (χ2v) is 8.05. The standard InChI is InChI=1S/C15H9BrN2O2S3/c16-10-5-3-9(4-6-10)13(19)17-18-14(20)12(23-15(18)21)8-11-2-1-7-22-11/h1-8H,(H,17,19)/b12-8-. The number of thiocarbonyl (C=S) groups is 1. The van der Waals surface area contributed by atoms with E-state index in [1.807, 2.05) is 17.5 Å². The summed E-state index contributed by atoms with van der Waals surface area (Å²) >= 11 is 11.2. The zero-order valence-electron chi connectivity index (χ0n) is 11.5. The molecule has 1 saturated heterocycles. The van der Waals surface area contributed by atoms with Crippen molar-refractivity contribution in [2.24, 2.45) is 0 Å². The van der Waals surface area contributed by atoms with Crippen molar-refractivity contribution in [3.8, 4) is 0 Å².